The van der Waals surface area contributed by atoms with Gasteiger partial charge in [-0.15, -0.1) is 0 Å². The third-order valence-corrected chi connectivity index (χ3v) is 3.15. The molecule has 1 fully saturated rings. The zero-order chi connectivity index (χ0) is 11.3. The van der Waals surface area contributed by atoms with E-state index in [0.717, 1.165) is 18.8 Å². The first-order valence-corrected chi connectivity index (χ1v) is 5.71. The minimum Gasteiger partial charge on any atom is -0.376 e. The number of nitrogens with two attached hydrogens (primary N) is 1. The van der Waals surface area contributed by atoms with Crippen LogP contribution in [0.15, 0.2) is 0 Å². The summed E-state index contributed by atoms with van der Waals surface area (Å²) in [5.41, 5.74) is 5.20. The third kappa shape index (κ3) is 4.18. The summed E-state index contributed by atoms with van der Waals surface area (Å²) in [6, 6.07) is -0.357. The van der Waals surface area contributed by atoms with Crippen LogP contribution in [0, 0.1) is 5.92 Å². The summed E-state index contributed by atoms with van der Waals surface area (Å²) < 4.78 is 5.68. The zero-order valence-corrected chi connectivity index (χ0v) is 9.66. The molecule has 0 aliphatic heterocycles. The van der Waals surface area contributed by atoms with Gasteiger partial charge >= 0.3 is 0 Å². The lowest BCUT2D eigenvalue weighted by Crippen LogP contribution is -2.43. The number of nitrogens with one attached hydrogen (secondary N) is 1. The molecule has 4 nitrogen and oxygen atoms in total. The fraction of sp³-hybridized carbons (Fsp3) is 0.909. The van der Waals surface area contributed by atoms with E-state index in [1.165, 1.54) is 12.8 Å². The molecule has 0 aromatic carbocycles. The first-order chi connectivity index (χ1) is 7.13. The van der Waals surface area contributed by atoms with Crippen LogP contribution >= 0.6 is 0 Å². The Morgan fingerprint density at radius 2 is 2.07 bits per heavy atom. The van der Waals surface area contributed by atoms with Gasteiger partial charge in [0.25, 0.3) is 0 Å². The number of carbonyl (C=O) groups excluding carboxylic acids is 1. The Morgan fingerprint density at radius 3 is 2.53 bits per heavy atom. The van der Waals surface area contributed by atoms with E-state index in [9.17, 15) is 4.79 Å². The molecule has 15 heavy (non-hydrogen) atoms. The molecule has 1 saturated carbocycles. The van der Waals surface area contributed by atoms with Crippen LogP contribution in [0.3, 0.4) is 0 Å². The summed E-state index contributed by atoms with van der Waals surface area (Å²) in [5, 5.41) is 2.85. The van der Waals surface area contributed by atoms with Crippen molar-refractivity contribution in [2.24, 2.45) is 11.7 Å². The smallest absolute Gasteiger partial charge is 0.236 e. The van der Waals surface area contributed by atoms with Gasteiger partial charge in [0.2, 0.25) is 5.91 Å². The number of amides is 1. The Morgan fingerprint density at radius 1 is 1.47 bits per heavy atom. The molecule has 0 spiro atoms. The second-order valence-corrected chi connectivity index (χ2v) is 4.46. The van der Waals surface area contributed by atoms with E-state index in [1.807, 2.05) is 0 Å². The van der Waals surface area contributed by atoms with Crippen molar-refractivity contribution in [1.82, 2.24) is 5.32 Å². The maximum atomic E-state index is 10.9. The van der Waals surface area contributed by atoms with Crippen LogP contribution in [0.2, 0.25) is 0 Å². The van der Waals surface area contributed by atoms with E-state index in [-0.39, 0.29) is 11.9 Å². The molecule has 0 aromatic heterocycles. The van der Waals surface area contributed by atoms with Crippen LogP contribution in [0.4, 0.5) is 0 Å². The number of likely N-dealkylation sites (N-methyl/N-ethyl adjacent to an activating group) is 1. The summed E-state index contributed by atoms with van der Waals surface area (Å²) in [7, 11) is 1.72. The molecular formula is C11H22N2O2. The topological polar surface area (TPSA) is 64.3 Å². The molecule has 1 atom stereocenters. The monoisotopic (exact) mass is 214 g/mol. The largest absolute Gasteiger partial charge is 0.376 e. The maximum Gasteiger partial charge on any atom is 0.236 e. The number of primary amides is 1. The molecule has 1 rings (SSSR count). The van der Waals surface area contributed by atoms with Crippen molar-refractivity contribution in [3.8, 4) is 0 Å². The van der Waals surface area contributed by atoms with Crippen molar-refractivity contribution >= 4 is 5.91 Å². The van der Waals surface area contributed by atoms with Crippen LogP contribution in [-0.2, 0) is 9.53 Å². The Bertz CT molecular complexity index is 201. The van der Waals surface area contributed by atoms with E-state index in [2.05, 4.69) is 12.2 Å². The van der Waals surface area contributed by atoms with E-state index in [0.29, 0.717) is 12.7 Å². The SMILES string of the molecule is CNC(COC1CCC(C)CC1)C(N)=O. The van der Waals surface area contributed by atoms with Gasteiger partial charge in [0.15, 0.2) is 0 Å². The van der Waals surface area contributed by atoms with Gasteiger partial charge in [-0.3, -0.25) is 4.79 Å². The number of hydrogen-bond donors (Lipinski definition) is 2. The highest BCUT2D eigenvalue weighted by Gasteiger charge is 2.21. The molecule has 0 bridgehead atoms. The van der Waals surface area contributed by atoms with Gasteiger partial charge < -0.3 is 15.8 Å². The van der Waals surface area contributed by atoms with Crippen molar-refractivity contribution < 1.29 is 9.53 Å². The predicted octanol–water partition coefficient (Wildman–Crippen LogP) is 0.655. The molecule has 1 aliphatic rings. The quantitative estimate of drug-likeness (QED) is 0.706. The molecule has 0 saturated heterocycles. The summed E-state index contributed by atoms with van der Waals surface area (Å²) in [5.74, 6) is 0.475. The van der Waals surface area contributed by atoms with Crippen molar-refractivity contribution in [2.45, 2.75) is 44.8 Å². The summed E-state index contributed by atoms with van der Waals surface area (Å²) in [4.78, 5) is 10.9. The molecule has 88 valence electrons. The van der Waals surface area contributed by atoms with Gasteiger partial charge in [-0.1, -0.05) is 6.92 Å². The zero-order valence-electron chi connectivity index (χ0n) is 9.66. The maximum absolute atomic E-state index is 10.9. The van der Waals surface area contributed by atoms with Crippen molar-refractivity contribution in [2.75, 3.05) is 13.7 Å². The second kappa shape index (κ2) is 6.08. The summed E-state index contributed by atoms with van der Waals surface area (Å²) >= 11 is 0. The molecule has 3 N–H and O–H groups in total. The molecule has 4 heteroatoms. The van der Waals surface area contributed by atoms with Crippen molar-refractivity contribution in [3.63, 3.8) is 0 Å². The summed E-state index contributed by atoms with van der Waals surface area (Å²) in [6.07, 6.45) is 4.99. The Kier molecular flexibility index (Phi) is 5.05. The minimum atomic E-state index is -0.357. The molecule has 1 amide bonds. The normalized spacial score (nSPS) is 28.7. The van der Waals surface area contributed by atoms with Crippen LogP contribution < -0.4 is 11.1 Å². The van der Waals surface area contributed by atoms with Gasteiger partial charge in [0, 0.05) is 0 Å². The van der Waals surface area contributed by atoms with Gasteiger partial charge in [0.05, 0.1) is 12.7 Å². The number of rotatable bonds is 5. The van der Waals surface area contributed by atoms with Gasteiger partial charge in [-0.05, 0) is 38.6 Å². The minimum absolute atomic E-state index is 0.316. The molecule has 1 aliphatic carbocycles. The fourth-order valence-corrected chi connectivity index (χ4v) is 1.94. The van der Waals surface area contributed by atoms with E-state index in [1.54, 1.807) is 7.05 Å². The van der Waals surface area contributed by atoms with E-state index in [4.69, 9.17) is 10.5 Å². The van der Waals surface area contributed by atoms with Gasteiger partial charge in [-0.25, -0.2) is 0 Å². The lowest BCUT2D eigenvalue weighted by molar-refractivity contribution is -0.122. The van der Waals surface area contributed by atoms with Gasteiger partial charge in [0.1, 0.15) is 6.04 Å². The highest BCUT2D eigenvalue weighted by atomic mass is 16.5. The highest BCUT2D eigenvalue weighted by molar-refractivity contribution is 5.79. The Labute approximate surface area is 91.5 Å². The Balaban J connectivity index is 2.21. The van der Waals surface area contributed by atoms with Gasteiger partial charge in [-0.2, -0.15) is 0 Å². The highest BCUT2D eigenvalue weighted by Crippen LogP contribution is 2.25. The van der Waals surface area contributed by atoms with E-state index >= 15 is 0 Å². The van der Waals surface area contributed by atoms with Crippen LogP contribution in [0.1, 0.15) is 32.6 Å². The molecule has 0 heterocycles. The lowest BCUT2D eigenvalue weighted by atomic mass is 9.89. The first kappa shape index (κ1) is 12.5. The number of ether oxygens (including phenoxy) is 1. The standard InChI is InChI=1S/C11H22N2O2/c1-8-3-5-9(6-4-8)15-7-10(13-2)11(12)14/h8-10,13H,3-7H2,1-2H3,(H2,12,14). The molecule has 0 aromatic rings. The number of hydrogen-bond acceptors (Lipinski definition) is 3. The average Bonchev–Trinajstić information content (AvgIpc) is 2.21. The summed E-state index contributed by atoms with van der Waals surface area (Å²) in [6.45, 7) is 2.67. The lowest BCUT2D eigenvalue weighted by Gasteiger charge is -2.27. The molecule has 1 unspecified atom stereocenters. The van der Waals surface area contributed by atoms with Crippen molar-refractivity contribution in [1.29, 1.82) is 0 Å². The van der Waals surface area contributed by atoms with Crippen LogP contribution in [-0.4, -0.2) is 31.7 Å². The Hall–Kier alpha value is -0.610. The van der Waals surface area contributed by atoms with Crippen LogP contribution in [0.25, 0.3) is 0 Å². The number of carbonyl (C=O) groups is 1. The first-order valence-electron chi connectivity index (χ1n) is 5.71. The van der Waals surface area contributed by atoms with E-state index < -0.39 is 0 Å². The average molecular weight is 214 g/mol. The van der Waals surface area contributed by atoms with Crippen molar-refractivity contribution in [3.05, 3.63) is 0 Å². The molecule has 0 radical (unpaired) electrons. The van der Waals surface area contributed by atoms with Crippen LogP contribution in [0.5, 0.6) is 0 Å². The predicted molar refractivity (Wildman–Crippen MR) is 59.4 cm³/mol. The second-order valence-electron chi connectivity index (χ2n) is 4.46. The molecular weight excluding hydrogens is 192 g/mol. The third-order valence-electron chi connectivity index (χ3n) is 3.15. The fourth-order valence-electron chi connectivity index (χ4n) is 1.94.